The fraction of sp³-hybridized carbons (Fsp3) is 0.900. The zero-order valence-electron chi connectivity index (χ0n) is 8.95. The fourth-order valence-electron chi connectivity index (χ4n) is 1.76. The highest BCUT2D eigenvalue weighted by Gasteiger charge is 2.43. The predicted octanol–water partition coefficient (Wildman–Crippen LogP) is 0.725. The molecular formula is C10H18O4. The quantitative estimate of drug-likeness (QED) is 0.685. The molecule has 0 aromatic heterocycles. The first-order chi connectivity index (χ1) is 6.50. The van der Waals surface area contributed by atoms with Crippen molar-refractivity contribution >= 4 is 5.97 Å². The van der Waals surface area contributed by atoms with Crippen LogP contribution in [-0.4, -0.2) is 37.0 Å². The van der Waals surface area contributed by atoms with Gasteiger partial charge in [0.15, 0.2) is 6.10 Å². The summed E-state index contributed by atoms with van der Waals surface area (Å²) in [6.45, 7) is 4.36. The van der Waals surface area contributed by atoms with Crippen LogP contribution in [0.1, 0.15) is 26.7 Å². The normalized spacial score (nSPS) is 24.7. The maximum Gasteiger partial charge on any atom is 0.335 e. The average Bonchev–Trinajstić information content (AvgIpc) is 2.68. The zero-order valence-corrected chi connectivity index (χ0v) is 8.95. The van der Waals surface area contributed by atoms with Crippen molar-refractivity contribution in [2.75, 3.05) is 13.7 Å². The molecule has 2 unspecified atom stereocenters. The van der Waals surface area contributed by atoms with Crippen LogP contribution in [0.5, 0.6) is 0 Å². The summed E-state index contributed by atoms with van der Waals surface area (Å²) in [4.78, 5) is 11.2. The maximum absolute atomic E-state index is 11.2. The third-order valence-electron chi connectivity index (χ3n) is 2.89. The van der Waals surface area contributed by atoms with Crippen LogP contribution in [0.15, 0.2) is 0 Å². The smallest absolute Gasteiger partial charge is 0.335 e. The molecule has 0 spiro atoms. The summed E-state index contributed by atoms with van der Waals surface area (Å²) in [5, 5.41) is 9.75. The molecule has 0 bridgehead atoms. The van der Waals surface area contributed by atoms with Gasteiger partial charge in [0.2, 0.25) is 0 Å². The van der Waals surface area contributed by atoms with E-state index in [2.05, 4.69) is 4.74 Å². The molecule has 4 heteroatoms. The van der Waals surface area contributed by atoms with Gasteiger partial charge in [0.25, 0.3) is 0 Å². The molecule has 0 aromatic carbocycles. The minimum atomic E-state index is -1.12. The van der Waals surface area contributed by atoms with Gasteiger partial charge < -0.3 is 14.6 Å². The molecule has 0 radical (unpaired) electrons. The molecule has 1 saturated heterocycles. The second-order valence-electron chi connectivity index (χ2n) is 4.25. The summed E-state index contributed by atoms with van der Waals surface area (Å²) in [6, 6.07) is 0. The van der Waals surface area contributed by atoms with Crippen LogP contribution in [0.2, 0.25) is 0 Å². The number of aliphatic hydroxyl groups excluding tert-OH is 1. The lowest BCUT2D eigenvalue weighted by atomic mass is 9.79. The minimum absolute atomic E-state index is 0.0587. The van der Waals surface area contributed by atoms with Crippen molar-refractivity contribution < 1.29 is 19.4 Å². The van der Waals surface area contributed by atoms with Crippen LogP contribution in [0.4, 0.5) is 0 Å². The van der Waals surface area contributed by atoms with Gasteiger partial charge in [-0.25, -0.2) is 4.79 Å². The minimum Gasteiger partial charge on any atom is -0.467 e. The second kappa shape index (κ2) is 4.28. The Kier molecular flexibility index (Phi) is 3.50. The Morgan fingerprint density at radius 3 is 2.71 bits per heavy atom. The van der Waals surface area contributed by atoms with E-state index < -0.39 is 17.5 Å². The summed E-state index contributed by atoms with van der Waals surface area (Å²) in [6.07, 6.45) is 0.704. The van der Waals surface area contributed by atoms with Crippen molar-refractivity contribution in [1.29, 1.82) is 0 Å². The Balaban J connectivity index is 2.66. The molecular weight excluding hydrogens is 184 g/mol. The number of rotatable bonds is 3. The van der Waals surface area contributed by atoms with E-state index in [1.54, 1.807) is 0 Å². The van der Waals surface area contributed by atoms with Crippen LogP contribution in [0, 0.1) is 5.41 Å². The van der Waals surface area contributed by atoms with E-state index in [0.717, 1.165) is 12.8 Å². The Labute approximate surface area is 84.2 Å². The molecule has 1 aliphatic heterocycles. The van der Waals surface area contributed by atoms with Crippen molar-refractivity contribution in [3.63, 3.8) is 0 Å². The van der Waals surface area contributed by atoms with E-state index in [0.29, 0.717) is 6.61 Å². The first-order valence-corrected chi connectivity index (χ1v) is 4.87. The van der Waals surface area contributed by atoms with Gasteiger partial charge in [-0.1, -0.05) is 13.8 Å². The molecule has 2 atom stereocenters. The number of ether oxygens (including phenoxy) is 2. The third kappa shape index (κ3) is 2.07. The number of carbonyl (C=O) groups is 1. The Morgan fingerprint density at radius 2 is 2.29 bits per heavy atom. The van der Waals surface area contributed by atoms with Gasteiger partial charge in [-0.2, -0.15) is 0 Å². The lowest BCUT2D eigenvalue weighted by Gasteiger charge is -2.33. The number of aliphatic hydroxyl groups is 1. The Morgan fingerprint density at radius 1 is 1.64 bits per heavy atom. The fourth-order valence-corrected chi connectivity index (χ4v) is 1.76. The average molecular weight is 202 g/mol. The van der Waals surface area contributed by atoms with Crippen LogP contribution in [-0.2, 0) is 14.3 Å². The van der Waals surface area contributed by atoms with Gasteiger partial charge >= 0.3 is 5.97 Å². The highest BCUT2D eigenvalue weighted by molar-refractivity contribution is 5.75. The molecule has 82 valence electrons. The highest BCUT2D eigenvalue weighted by atomic mass is 16.5. The van der Waals surface area contributed by atoms with E-state index in [9.17, 15) is 9.90 Å². The van der Waals surface area contributed by atoms with Gasteiger partial charge in [0.05, 0.1) is 13.2 Å². The summed E-state index contributed by atoms with van der Waals surface area (Å²) in [5.74, 6) is -0.592. The van der Waals surface area contributed by atoms with E-state index in [1.807, 2.05) is 13.8 Å². The molecule has 1 rings (SSSR count). The summed E-state index contributed by atoms with van der Waals surface area (Å²) in [5.41, 5.74) is -0.580. The van der Waals surface area contributed by atoms with E-state index >= 15 is 0 Å². The Bertz CT molecular complexity index is 206. The Hall–Kier alpha value is -0.610. The molecule has 1 aliphatic rings. The molecule has 0 amide bonds. The van der Waals surface area contributed by atoms with Crippen LogP contribution in [0.3, 0.4) is 0 Å². The first-order valence-electron chi connectivity index (χ1n) is 4.87. The van der Waals surface area contributed by atoms with Crippen LogP contribution in [0.25, 0.3) is 0 Å². The van der Waals surface area contributed by atoms with Gasteiger partial charge in [0, 0.05) is 12.0 Å². The predicted molar refractivity (Wildman–Crippen MR) is 50.8 cm³/mol. The maximum atomic E-state index is 11.2. The third-order valence-corrected chi connectivity index (χ3v) is 2.89. The van der Waals surface area contributed by atoms with Gasteiger partial charge in [-0.3, -0.25) is 0 Å². The first kappa shape index (κ1) is 11.5. The number of hydrogen-bond acceptors (Lipinski definition) is 4. The molecule has 0 aliphatic carbocycles. The van der Waals surface area contributed by atoms with E-state index in [4.69, 9.17) is 4.74 Å². The van der Waals surface area contributed by atoms with E-state index in [1.165, 1.54) is 7.11 Å². The van der Waals surface area contributed by atoms with Crippen molar-refractivity contribution in [3.8, 4) is 0 Å². The number of hydrogen-bond donors (Lipinski definition) is 1. The second-order valence-corrected chi connectivity index (χ2v) is 4.25. The molecule has 14 heavy (non-hydrogen) atoms. The van der Waals surface area contributed by atoms with Gasteiger partial charge in [0.1, 0.15) is 0 Å². The number of esters is 1. The molecule has 1 N–H and O–H groups in total. The summed E-state index contributed by atoms with van der Waals surface area (Å²) >= 11 is 0. The van der Waals surface area contributed by atoms with Gasteiger partial charge in [-0.15, -0.1) is 0 Å². The molecule has 1 fully saturated rings. The monoisotopic (exact) mass is 202 g/mol. The van der Waals surface area contributed by atoms with Crippen molar-refractivity contribution in [3.05, 3.63) is 0 Å². The molecule has 0 aromatic rings. The van der Waals surface area contributed by atoms with Gasteiger partial charge in [-0.05, 0) is 12.8 Å². The summed E-state index contributed by atoms with van der Waals surface area (Å²) < 4.78 is 9.98. The molecule has 4 nitrogen and oxygen atoms in total. The zero-order chi connectivity index (χ0) is 10.8. The van der Waals surface area contributed by atoms with E-state index in [-0.39, 0.29) is 6.10 Å². The summed E-state index contributed by atoms with van der Waals surface area (Å²) in [7, 11) is 1.27. The highest BCUT2D eigenvalue weighted by Crippen LogP contribution is 2.34. The van der Waals surface area contributed by atoms with Crippen molar-refractivity contribution in [2.24, 2.45) is 5.41 Å². The van der Waals surface area contributed by atoms with Crippen LogP contribution < -0.4 is 0 Å². The molecule has 1 heterocycles. The largest absolute Gasteiger partial charge is 0.467 e. The van der Waals surface area contributed by atoms with Crippen molar-refractivity contribution in [2.45, 2.75) is 38.9 Å². The number of methoxy groups -OCH3 is 1. The van der Waals surface area contributed by atoms with Crippen molar-refractivity contribution in [1.82, 2.24) is 0 Å². The lowest BCUT2D eigenvalue weighted by molar-refractivity contribution is -0.163. The van der Waals surface area contributed by atoms with Crippen LogP contribution >= 0.6 is 0 Å². The molecule has 0 saturated carbocycles. The standard InChI is InChI=1S/C10H18O4/c1-10(2,7-5-4-6-14-7)8(11)9(12)13-3/h7-8,11H,4-6H2,1-3H3. The SMILES string of the molecule is COC(=O)C(O)C(C)(C)C1CCCO1. The topological polar surface area (TPSA) is 55.8 Å². The lowest BCUT2D eigenvalue weighted by Crippen LogP contribution is -2.45. The number of carbonyl (C=O) groups excluding carboxylic acids is 1.